The van der Waals surface area contributed by atoms with E-state index < -0.39 is 23.6 Å². The first-order valence-electron chi connectivity index (χ1n) is 8.15. The van der Waals surface area contributed by atoms with Crippen molar-refractivity contribution in [2.75, 3.05) is 19.0 Å². The second-order valence-corrected chi connectivity index (χ2v) is 8.44. The number of carbonyl (C=O) groups excluding carboxylic acids is 3. The topological polar surface area (TPSA) is 95.9 Å². The highest BCUT2D eigenvalue weighted by Crippen LogP contribution is 2.33. The summed E-state index contributed by atoms with van der Waals surface area (Å²) >= 11 is 8.75. The van der Waals surface area contributed by atoms with Gasteiger partial charge in [-0.2, -0.15) is 0 Å². The molecule has 0 atom stereocenters. The van der Waals surface area contributed by atoms with E-state index >= 15 is 0 Å². The number of aromatic hydroxyl groups is 1. The van der Waals surface area contributed by atoms with Crippen molar-refractivity contribution in [2.24, 2.45) is 0 Å². The van der Waals surface area contributed by atoms with Gasteiger partial charge in [-0.25, -0.2) is 0 Å². The third-order valence-corrected chi connectivity index (χ3v) is 5.95. The lowest BCUT2D eigenvalue weighted by Gasteiger charge is -2.13. The lowest BCUT2D eigenvalue weighted by Crippen LogP contribution is -2.36. The molecule has 2 N–H and O–H groups in total. The van der Waals surface area contributed by atoms with E-state index in [9.17, 15) is 19.5 Å². The summed E-state index contributed by atoms with van der Waals surface area (Å²) < 4.78 is 5.67. The number of halogens is 2. The number of benzene rings is 2. The van der Waals surface area contributed by atoms with Crippen molar-refractivity contribution in [1.82, 2.24) is 4.90 Å². The zero-order chi connectivity index (χ0) is 21.1. The molecule has 0 saturated carbocycles. The fourth-order valence-corrected chi connectivity index (χ4v) is 4.12. The molecule has 0 bridgehead atoms. The molecule has 1 saturated heterocycles. The maximum atomic E-state index is 12.5. The van der Waals surface area contributed by atoms with E-state index in [4.69, 9.17) is 16.3 Å². The number of imide groups is 1. The molecule has 7 nitrogen and oxygen atoms in total. The molecule has 2 aromatic carbocycles. The largest absolute Gasteiger partial charge is 0.507 e. The van der Waals surface area contributed by atoms with Crippen LogP contribution in [0.5, 0.6) is 11.5 Å². The zero-order valence-corrected chi connectivity index (χ0v) is 18.7. The number of amides is 3. The molecular formula is C19H14ClIN2O5S. The van der Waals surface area contributed by atoms with Gasteiger partial charge >= 0.3 is 0 Å². The summed E-state index contributed by atoms with van der Waals surface area (Å²) in [4.78, 5) is 38.1. The van der Waals surface area contributed by atoms with Crippen molar-refractivity contribution in [3.63, 3.8) is 0 Å². The van der Waals surface area contributed by atoms with Crippen molar-refractivity contribution < 1.29 is 24.2 Å². The van der Waals surface area contributed by atoms with Gasteiger partial charge < -0.3 is 15.2 Å². The smallest absolute Gasteiger partial charge is 0.294 e. The molecule has 3 rings (SSSR count). The van der Waals surface area contributed by atoms with E-state index in [0.29, 0.717) is 25.6 Å². The van der Waals surface area contributed by atoms with Gasteiger partial charge in [0.25, 0.3) is 11.1 Å². The summed E-state index contributed by atoms with van der Waals surface area (Å²) in [6, 6.07) is 9.53. The Kier molecular flexibility index (Phi) is 6.70. The summed E-state index contributed by atoms with van der Waals surface area (Å²) in [5.41, 5.74) is 1.08. The van der Waals surface area contributed by atoms with Gasteiger partial charge in [-0.05, 0) is 76.3 Å². The molecule has 150 valence electrons. The van der Waals surface area contributed by atoms with E-state index in [-0.39, 0.29) is 10.7 Å². The zero-order valence-electron chi connectivity index (χ0n) is 14.9. The van der Waals surface area contributed by atoms with Gasteiger partial charge in [0.1, 0.15) is 18.0 Å². The summed E-state index contributed by atoms with van der Waals surface area (Å²) in [7, 11) is 1.48. The highest BCUT2D eigenvalue weighted by molar-refractivity contribution is 14.1. The van der Waals surface area contributed by atoms with E-state index in [1.807, 2.05) is 22.6 Å². The van der Waals surface area contributed by atoms with Crippen LogP contribution in [0.2, 0.25) is 5.02 Å². The average Bonchev–Trinajstić information content (AvgIpc) is 2.92. The summed E-state index contributed by atoms with van der Waals surface area (Å²) in [6.07, 6.45) is 1.55. The van der Waals surface area contributed by atoms with Crippen LogP contribution in [0.25, 0.3) is 6.08 Å². The molecule has 1 aliphatic heterocycles. The fraction of sp³-hybridized carbons (Fsp3) is 0.105. The van der Waals surface area contributed by atoms with Crippen LogP contribution < -0.4 is 10.1 Å². The second kappa shape index (κ2) is 9.06. The monoisotopic (exact) mass is 544 g/mol. The van der Waals surface area contributed by atoms with Crippen molar-refractivity contribution in [3.05, 3.63) is 55.5 Å². The second-order valence-electron chi connectivity index (χ2n) is 5.88. The Balaban J connectivity index is 1.69. The Morgan fingerprint density at radius 1 is 1.31 bits per heavy atom. The predicted octanol–water partition coefficient (Wildman–Crippen LogP) is 4.33. The van der Waals surface area contributed by atoms with Crippen LogP contribution in [0.3, 0.4) is 0 Å². The van der Waals surface area contributed by atoms with Crippen LogP contribution in [0.15, 0.2) is 41.3 Å². The van der Waals surface area contributed by atoms with Gasteiger partial charge in [-0.1, -0.05) is 17.7 Å². The normalized spacial score (nSPS) is 15.1. The minimum atomic E-state index is -0.550. The average molecular weight is 545 g/mol. The molecule has 0 aromatic heterocycles. The Bertz CT molecular complexity index is 1040. The lowest BCUT2D eigenvalue weighted by molar-refractivity contribution is -0.127. The molecule has 0 spiro atoms. The van der Waals surface area contributed by atoms with Crippen LogP contribution in [-0.4, -0.2) is 40.7 Å². The molecule has 2 aromatic rings. The van der Waals surface area contributed by atoms with Crippen LogP contribution in [0.1, 0.15) is 5.56 Å². The Morgan fingerprint density at radius 3 is 2.72 bits per heavy atom. The number of anilines is 1. The van der Waals surface area contributed by atoms with Gasteiger partial charge in [0.05, 0.1) is 20.6 Å². The molecule has 0 aliphatic carbocycles. The quantitative estimate of drug-likeness (QED) is 0.430. The SMILES string of the molecule is COc1ccc(NC(=O)CN2C(=O)S/C(=C\c3ccc(O)c(I)c3)C2=O)cc1Cl. The number of methoxy groups -OCH3 is 1. The van der Waals surface area contributed by atoms with Crippen LogP contribution in [-0.2, 0) is 9.59 Å². The number of hydrogen-bond donors (Lipinski definition) is 2. The molecule has 3 amide bonds. The van der Waals surface area contributed by atoms with Crippen molar-refractivity contribution in [2.45, 2.75) is 0 Å². The van der Waals surface area contributed by atoms with Gasteiger partial charge in [0, 0.05) is 5.69 Å². The molecule has 29 heavy (non-hydrogen) atoms. The fourth-order valence-electron chi connectivity index (χ4n) is 2.49. The van der Waals surface area contributed by atoms with Gasteiger partial charge in [-0.15, -0.1) is 0 Å². The van der Waals surface area contributed by atoms with Crippen LogP contribution >= 0.6 is 46.0 Å². The molecule has 0 radical (unpaired) electrons. The number of rotatable bonds is 5. The number of nitrogens with one attached hydrogen (secondary N) is 1. The number of carbonyl (C=O) groups is 3. The molecule has 1 aliphatic rings. The van der Waals surface area contributed by atoms with E-state index in [1.54, 1.807) is 30.3 Å². The molecular weight excluding hydrogens is 531 g/mol. The Hall–Kier alpha value is -2.24. The summed E-state index contributed by atoms with van der Waals surface area (Å²) in [5, 5.41) is 12.0. The number of phenolic OH excluding ortho intramolecular Hbond substituents is 1. The predicted molar refractivity (Wildman–Crippen MR) is 120 cm³/mol. The first-order valence-corrected chi connectivity index (χ1v) is 10.4. The Morgan fingerprint density at radius 2 is 2.07 bits per heavy atom. The highest BCUT2D eigenvalue weighted by Gasteiger charge is 2.36. The number of ether oxygens (including phenoxy) is 1. The lowest BCUT2D eigenvalue weighted by atomic mass is 10.2. The standard InChI is InChI=1S/C19H14ClIN2O5S/c1-28-15-5-3-11(8-12(15)20)22-17(25)9-23-18(26)16(29-19(23)27)7-10-2-4-14(24)13(21)6-10/h2-8,24H,9H2,1H3,(H,22,25)/b16-7-. The number of phenols is 1. The van der Waals surface area contributed by atoms with Crippen molar-refractivity contribution in [3.8, 4) is 11.5 Å². The summed E-state index contributed by atoms with van der Waals surface area (Å²) in [5.74, 6) is -0.490. The number of hydrogen-bond acceptors (Lipinski definition) is 6. The van der Waals surface area contributed by atoms with Crippen LogP contribution in [0.4, 0.5) is 10.5 Å². The first-order chi connectivity index (χ1) is 13.8. The van der Waals surface area contributed by atoms with Gasteiger partial charge in [-0.3, -0.25) is 19.3 Å². The van der Waals surface area contributed by atoms with E-state index in [1.165, 1.54) is 19.2 Å². The first kappa shape index (κ1) is 21.5. The minimum Gasteiger partial charge on any atom is -0.507 e. The van der Waals surface area contributed by atoms with Crippen molar-refractivity contribution >= 4 is 74.8 Å². The van der Waals surface area contributed by atoms with Gasteiger partial charge in [0.15, 0.2) is 0 Å². The van der Waals surface area contributed by atoms with Crippen molar-refractivity contribution in [1.29, 1.82) is 0 Å². The number of nitrogens with zero attached hydrogens (tertiary/aromatic N) is 1. The maximum absolute atomic E-state index is 12.5. The molecule has 1 fully saturated rings. The molecule has 1 heterocycles. The van der Waals surface area contributed by atoms with E-state index in [2.05, 4.69) is 5.32 Å². The number of thioether (sulfide) groups is 1. The van der Waals surface area contributed by atoms with E-state index in [0.717, 1.165) is 16.7 Å². The third-order valence-electron chi connectivity index (χ3n) is 3.88. The van der Waals surface area contributed by atoms with Crippen LogP contribution in [0, 0.1) is 3.57 Å². The Labute approximate surface area is 189 Å². The summed E-state index contributed by atoms with van der Waals surface area (Å²) in [6.45, 7) is -0.418. The molecule has 0 unspecified atom stereocenters. The molecule has 10 heteroatoms. The third kappa shape index (κ3) is 5.03. The highest BCUT2D eigenvalue weighted by atomic mass is 127. The maximum Gasteiger partial charge on any atom is 0.294 e. The minimum absolute atomic E-state index is 0.131. The van der Waals surface area contributed by atoms with Gasteiger partial charge in [0.2, 0.25) is 5.91 Å².